The van der Waals surface area contributed by atoms with E-state index in [1.165, 1.54) is 6.07 Å². The van der Waals surface area contributed by atoms with Gasteiger partial charge in [0.05, 0.1) is 5.56 Å². The monoisotopic (exact) mass is 190 g/mol. The highest BCUT2D eigenvalue weighted by Crippen LogP contribution is 2.11. The second-order valence-corrected chi connectivity index (χ2v) is 2.24. The topological polar surface area (TPSA) is 37.3 Å². The predicted octanol–water partition coefficient (Wildman–Crippen LogP) is 2.25. The first kappa shape index (κ1) is 10.9. The third-order valence-corrected chi connectivity index (χ3v) is 1.44. The molecule has 0 aliphatic heterocycles. The highest BCUT2D eigenvalue weighted by atomic mass is 35.5. The van der Waals surface area contributed by atoms with Gasteiger partial charge >= 0.3 is 5.97 Å². The first-order valence-corrected chi connectivity index (χ1v) is 3.11. The fraction of sp³-hybridized carbons (Fsp3) is 0.125. The molecule has 0 atom stereocenters. The summed E-state index contributed by atoms with van der Waals surface area (Å²) in [6.07, 6.45) is 0. The number of halogens is 2. The Morgan fingerprint density at radius 2 is 2.08 bits per heavy atom. The molecule has 1 rings (SSSR count). The fourth-order valence-corrected chi connectivity index (χ4v) is 0.903. The quantitative estimate of drug-likeness (QED) is 0.738. The SMILES string of the molecule is Cc1cccc(F)c1C(=O)O.Cl. The molecular weight excluding hydrogens is 183 g/mol. The normalized spacial score (nSPS) is 8.83. The van der Waals surface area contributed by atoms with E-state index in [1.807, 2.05) is 0 Å². The van der Waals surface area contributed by atoms with Crippen LogP contribution in [0, 0.1) is 12.7 Å². The van der Waals surface area contributed by atoms with Gasteiger partial charge in [-0.2, -0.15) is 0 Å². The maximum absolute atomic E-state index is 12.7. The summed E-state index contributed by atoms with van der Waals surface area (Å²) in [4.78, 5) is 10.4. The lowest BCUT2D eigenvalue weighted by molar-refractivity contribution is 0.0691. The number of rotatable bonds is 1. The van der Waals surface area contributed by atoms with Crippen LogP contribution in [0.25, 0.3) is 0 Å². The lowest BCUT2D eigenvalue weighted by Crippen LogP contribution is -2.02. The van der Waals surface area contributed by atoms with Gasteiger partial charge in [-0.05, 0) is 18.6 Å². The van der Waals surface area contributed by atoms with E-state index in [0.717, 1.165) is 6.07 Å². The highest BCUT2D eigenvalue weighted by molar-refractivity contribution is 5.89. The molecule has 0 bridgehead atoms. The van der Waals surface area contributed by atoms with Crippen LogP contribution in [0.5, 0.6) is 0 Å². The minimum atomic E-state index is -1.22. The molecule has 2 nitrogen and oxygen atoms in total. The molecule has 1 aromatic carbocycles. The van der Waals surface area contributed by atoms with Gasteiger partial charge in [-0.25, -0.2) is 9.18 Å². The van der Waals surface area contributed by atoms with Gasteiger partial charge in [0.2, 0.25) is 0 Å². The van der Waals surface area contributed by atoms with Crippen molar-refractivity contribution in [2.75, 3.05) is 0 Å². The maximum Gasteiger partial charge on any atom is 0.338 e. The smallest absolute Gasteiger partial charge is 0.338 e. The van der Waals surface area contributed by atoms with E-state index in [1.54, 1.807) is 13.0 Å². The molecule has 0 radical (unpaired) electrons. The molecule has 0 fully saturated rings. The molecular formula is C8H8ClFO2. The maximum atomic E-state index is 12.7. The van der Waals surface area contributed by atoms with E-state index in [2.05, 4.69) is 0 Å². The van der Waals surface area contributed by atoms with E-state index in [0.29, 0.717) is 5.56 Å². The van der Waals surface area contributed by atoms with E-state index < -0.39 is 11.8 Å². The molecule has 0 aliphatic rings. The molecule has 66 valence electrons. The summed E-state index contributed by atoms with van der Waals surface area (Å²) in [5, 5.41) is 8.51. The molecule has 0 saturated carbocycles. The van der Waals surface area contributed by atoms with Crippen LogP contribution in [0.4, 0.5) is 4.39 Å². The molecule has 0 heterocycles. The largest absolute Gasteiger partial charge is 0.478 e. The zero-order valence-electron chi connectivity index (χ0n) is 6.37. The van der Waals surface area contributed by atoms with Crippen LogP contribution in [0.3, 0.4) is 0 Å². The van der Waals surface area contributed by atoms with Crippen LogP contribution >= 0.6 is 12.4 Å². The van der Waals surface area contributed by atoms with E-state index in [9.17, 15) is 9.18 Å². The zero-order chi connectivity index (χ0) is 8.43. The molecule has 0 amide bonds. The Hall–Kier alpha value is -1.09. The summed E-state index contributed by atoms with van der Waals surface area (Å²) in [6, 6.07) is 4.18. The number of aromatic carboxylic acids is 1. The van der Waals surface area contributed by atoms with Crippen LogP contribution in [0.15, 0.2) is 18.2 Å². The van der Waals surface area contributed by atoms with Crippen molar-refractivity contribution < 1.29 is 14.3 Å². The number of hydrogen-bond donors (Lipinski definition) is 1. The van der Waals surface area contributed by atoms with Crippen molar-refractivity contribution in [3.8, 4) is 0 Å². The van der Waals surface area contributed by atoms with Crippen LogP contribution < -0.4 is 0 Å². The molecule has 1 aromatic rings. The fourth-order valence-electron chi connectivity index (χ4n) is 0.903. The van der Waals surface area contributed by atoms with Gasteiger partial charge in [-0.3, -0.25) is 0 Å². The van der Waals surface area contributed by atoms with Gasteiger partial charge in [-0.15, -0.1) is 12.4 Å². The van der Waals surface area contributed by atoms with Gasteiger partial charge in [-0.1, -0.05) is 12.1 Å². The van der Waals surface area contributed by atoms with Crippen LogP contribution in [0.2, 0.25) is 0 Å². The van der Waals surface area contributed by atoms with E-state index in [-0.39, 0.29) is 18.0 Å². The Kier molecular flexibility index (Phi) is 3.70. The number of carbonyl (C=O) groups is 1. The molecule has 4 heteroatoms. The van der Waals surface area contributed by atoms with Crippen molar-refractivity contribution in [2.45, 2.75) is 6.92 Å². The van der Waals surface area contributed by atoms with Gasteiger partial charge < -0.3 is 5.11 Å². The lowest BCUT2D eigenvalue weighted by atomic mass is 10.1. The molecule has 0 saturated heterocycles. The van der Waals surface area contributed by atoms with Crippen LogP contribution in [-0.4, -0.2) is 11.1 Å². The number of carboxylic acids is 1. The number of benzene rings is 1. The Morgan fingerprint density at radius 3 is 2.42 bits per heavy atom. The first-order valence-electron chi connectivity index (χ1n) is 3.11. The van der Waals surface area contributed by atoms with Crippen molar-refractivity contribution in [3.05, 3.63) is 35.1 Å². The summed E-state index contributed by atoms with van der Waals surface area (Å²) >= 11 is 0. The summed E-state index contributed by atoms with van der Waals surface area (Å²) < 4.78 is 12.7. The summed E-state index contributed by atoms with van der Waals surface area (Å²) in [7, 11) is 0. The minimum absolute atomic E-state index is 0. The molecule has 1 N–H and O–H groups in total. The van der Waals surface area contributed by atoms with Gasteiger partial charge in [0, 0.05) is 0 Å². The Morgan fingerprint density at radius 1 is 1.50 bits per heavy atom. The van der Waals surface area contributed by atoms with E-state index >= 15 is 0 Å². The minimum Gasteiger partial charge on any atom is -0.478 e. The molecule has 0 aliphatic carbocycles. The summed E-state index contributed by atoms with van der Waals surface area (Å²) in [6.45, 7) is 1.56. The van der Waals surface area contributed by atoms with Crippen molar-refractivity contribution in [1.82, 2.24) is 0 Å². The predicted molar refractivity (Wildman–Crippen MR) is 45.3 cm³/mol. The van der Waals surface area contributed by atoms with Crippen molar-refractivity contribution >= 4 is 18.4 Å². The highest BCUT2D eigenvalue weighted by Gasteiger charge is 2.11. The second-order valence-electron chi connectivity index (χ2n) is 2.24. The standard InChI is InChI=1S/C8H7FO2.ClH/c1-5-3-2-4-6(9)7(5)8(10)11;/h2-4H,1H3,(H,10,11);1H. The zero-order valence-corrected chi connectivity index (χ0v) is 7.19. The number of hydrogen-bond acceptors (Lipinski definition) is 1. The Labute approximate surface area is 75.4 Å². The molecule has 0 unspecified atom stereocenters. The van der Waals surface area contributed by atoms with Crippen LogP contribution in [0.1, 0.15) is 15.9 Å². The van der Waals surface area contributed by atoms with Crippen molar-refractivity contribution in [2.24, 2.45) is 0 Å². The van der Waals surface area contributed by atoms with Crippen molar-refractivity contribution in [3.63, 3.8) is 0 Å². The van der Waals surface area contributed by atoms with Crippen LogP contribution in [-0.2, 0) is 0 Å². The average Bonchev–Trinajstić information content (AvgIpc) is 1.85. The van der Waals surface area contributed by atoms with Crippen molar-refractivity contribution in [1.29, 1.82) is 0 Å². The summed E-state index contributed by atoms with van der Waals surface area (Å²) in [5.41, 5.74) is 0.199. The molecule has 0 aromatic heterocycles. The number of carboxylic acid groups (broad SMARTS) is 1. The van der Waals surface area contributed by atoms with E-state index in [4.69, 9.17) is 5.11 Å². The Balaban J connectivity index is 0.00000121. The first-order chi connectivity index (χ1) is 5.13. The number of aryl methyl sites for hydroxylation is 1. The Bertz CT molecular complexity index is 279. The third kappa shape index (κ3) is 1.95. The second kappa shape index (κ2) is 4.07. The molecule has 12 heavy (non-hydrogen) atoms. The molecule has 0 spiro atoms. The lowest BCUT2D eigenvalue weighted by Gasteiger charge is -1.99. The third-order valence-electron chi connectivity index (χ3n) is 1.44. The van der Waals surface area contributed by atoms with Gasteiger partial charge in [0.25, 0.3) is 0 Å². The van der Waals surface area contributed by atoms with Gasteiger partial charge in [0.1, 0.15) is 5.82 Å². The average molecular weight is 191 g/mol. The van der Waals surface area contributed by atoms with Gasteiger partial charge in [0.15, 0.2) is 0 Å². The summed E-state index contributed by atoms with van der Waals surface area (Å²) in [5.74, 6) is -1.90.